The minimum atomic E-state index is -0.550. The molecule has 0 radical (unpaired) electrons. The third-order valence-corrected chi connectivity index (χ3v) is 6.75. The van der Waals surface area contributed by atoms with Gasteiger partial charge < -0.3 is 9.47 Å². The Morgan fingerprint density at radius 1 is 1.03 bits per heavy atom. The second-order valence-electron chi connectivity index (χ2n) is 7.87. The summed E-state index contributed by atoms with van der Waals surface area (Å²) >= 11 is 7.26. The number of hydrogen-bond acceptors (Lipinski definition) is 7. The third-order valence-electron chi connectivity index (χ3n) is 5.34. The molecule has 3 aromatic carbocycles. The van der Waals surface area contributed by atoms with E-state index in [1.807, 2.05) is 79.1 Å². The van der Waals surface area contributed by atoms with Crippen LogP contribution in [0.4, 0.5) is 0 Å². The van der Waals surface area contributed by atoms with Gasteiger partial charge in [-0.25, -0.2) is 0 Å². The van der Waals surface area contributed by atoms with E-state index in [1.165, 1.54) is 11.8 Å². The number of aryl methyl sites for hydroxylation is 1. The van der Waals surface area contributed by atoms with Crippen LogP contribution in [0.25, 0.3) is 5.69 Å². The van der Waals surface area contributed by atoms with Gasteiger partial charge in [0.1, 0.15) is 29.2 Å². The Morgan fingerprint density at radius 3 is 2.44 bits per heavy atom. The van der Waals surface area contributed by atoms with Crippen molar-refractivity contribution < 1.29 is 14.4 Å². The van der Waals surface area contributed by atoms with Crippen molar-refractivity contribution in [3.05, 3.63) is 105 Å². The van der Waals surface area contributed by atoms with E-state index < -0.39 is 5.25 Å². The van der Waals surface area contributed by atoms with Gasteiger partial charge in [0, 0.05) is 21.2 Å². The molecule has 0 fully saturated rings. The van der Waals surface area contributed by atoms with E-state index in [0.717, 1.165) is 17.0 Å². The molecule has 8 nitrogen and oxygen atoms in total. The maximum atomic E-state index is 11.6. The van der Waals surface area contributed by atoms with E-state index in [-0.39, 0.29) is 11.5 Å². The second-order valence-corrected chi connectivity index (χ2v) is 9.47. The van der Waals surface area contributed by atoms with Gasteiger partial charge in [-0.15, -0.1) is 10.2 Å². The molecule has 0 aliphatic carbocycles. The van der Waals surface area contributed by atoms with Gasteiger partial charge in [-0.1, -0.05) is 53.7 Å². The highest BCUT2D eigenvalue weighted by Gasteiger charge is 2.26. The Hall–Kier alpha value is -3.56. The summed E-state index contributed by atoms with van der Waals surface area (Å²) < 4.78 is 13.5. The standard InChI is InChI=1S/C26H25ClN4O4S/c1-3-34-22-14-12-21(13-15-22)31-18(2)28-29-26(31)36-25(16-30(32)33)23-6-4-5-7-24(23)35-17-19-8-10-20(27)11-9-19/h4-15,25H,3,16-17H2,1-2H3/t25-/m0/s1. The molecule has 10 heteroatoms. The summed E-state index contributed by atoms with van der Waals surface area (Å²) in [7, 11) is 0. The van der Waals surface area contributed by atoms with Gasteiger partial charge in [-0.05, 0) is 61.9 Å². The van der Waals surface area contributed by atoms with E-state index in [4.69, 9.17) is 21.1 Å². The number of hydrogen-bond donors (Lipinski definition) is 0. The predicted molar refractivity (Wildman–Crippen MR) is 140 cm³/mol. The monoisotopic (exact) mass is 524 g/mol. The Bertz CT molecular complexity index is 1310. The van der Waals surface area contributed by atoms with E-state index in [2.05, 4.69) is 10.2 Å². The van der Waals surface area contributed by atoms with Crippen molar-refractivity contribution in [3.8, 4) is 17.2 Å². The number of halogens is 1. The van der Waals surface area contributed by atoms with Crippen LogP contribution in [0.1, 0.15) is 29.1 Å². The molecule has 0 aliphatic rings. The minimum absolute atomic E-state index is 0.304. The summed E-state index contributed by atoms with van der Waals surface area (Å²) in [6.07, 6.45) is 0. The summed E-state index contributed by atoms with van der Waals surface area (Å²) in [5, 5.41) is 20.8. The Balaban J connectivity index is 1.61. The van der Waals surface area contributed by atoms with Crippen molar-refractivity contribution in [1.29, 1.82) is 0 Å². The highest BCUT2D eigenvalue weighted by molar-refractivity contribution is 7.99. The molecule has 1 atom stereocenters. The Morgan fingerprint density at radius 2 is 1.75 bits per heavy atom. The average Bonchev–Trinajstić information content (AvgIpc) is 3.23. The molecule has 0 saturated heterocycles. The topological polar surface area (TPSA) is 92.3 Å². The number of nitrogens with zero attached hydrogens (tertiary/aromatic N) is 4. The first-order chi connectivity index (χ1) is 17.4. The highest BCUT2D eigenvalue weighted by Crippen LogP contribution is 2.40. The predicted octanol–water partition coefficient (Wildman–Crippen LogP) is 6.32. The zero-order chi connectivity index (χ0) is 25.5. The molecule has 0 N–H and O–H groups in total. The van der Waals surface area contributed by atoms with Crippen molar-refractivity contribution >= 4 is 23.4 Å². The normalized spacial score (nSPS) is 11.8. The van der Waals surface area contributed by atoms with Crippen LogP contribution in [0, 0.1) is 17.0 Å². The number of aromatic nitrogens is 3. The van der Waals surface area contributed by atoms with Gasteiger partial charge in [-0.3, -0.25) is 14.7 Å². The number of nitro groups is 1. The van der Waals surface area contributed by atoms with Gasteiger partial charge in [0.05, 0.1) is 6.61 Å². The van der Waals surface area contributed by atoms with Crippen molar-refractivity contribution in [2.24, 2.45) is 0 Å². The number of benzene rings is 3. The fraction of sp³-hybridized carbons (Fsp3) is 0.231. The average molecular weight is 525 g/mol. The van der Waals surface area contributed by atoms with Crippen molar-refractivity contribution in [2.45, 2.75) is 30.9 Å². The fourth-order valence-corrected chi connectivity index (χ4v) is 4.99. The van der Waals surface area contributed by atoms with Gasteiger partial charge >= 0.3 is 0 Å². The summed E-state index contributed by atoms with van der Waals surface area (Å²) in [4.78, 5) is 11.3. The van der Waals surface area contributed by atoms with Crippen molar-refractivity contribution in [2.75, 3.05) is 13.2 Å². The molecule has 1 aromatic heterocycles. The van der Waals surface area contributed by atoms with Gasteiger partial charge in [0.2, 0.25) is 6.54 Å². The molecule has 4 rings (SSSR count). The van der Waals surface area contributed by atoms with Crippen LogP contribution >= 0.6 is 23.4 Å². The summed E-state index contributed by atoms with van der Waals surface area (Å²) in [5.41, 5.74) is 2.50. The lowest BCUT2D eigenvalue weighted by Crippen LogP contribution is -2.12. The molecule has 186 valence electrons. The molecule has 36 heavy (non-hydrogen) atoms. The molecule has 0 unspecified atom stereocenters. The molecule has 4 aromatic rings. The molecule has 0 spiro atoms. The van der Waals surface area contributed by atoms with Crippen molar-refractivity contribution in [1.82, 2.24) is 14.8 Å². The van der Waals surface area contributed by atoms with Gasteiger partial charge in [0.15, 0.2) is 5.16 Å². The molecule has 0 aliphatic heterocycles. The molecule has 1 heterocycles. The van der Waals surface area contributed by atoms with Crippen LogP contribution < -0.4 is 9.47 Å². The van der Waals surface area contributed by atoms with Crippen LogP contribution in [0.2, 0.25) is 5.02 Å². The first kappa shape index (κ1) is 25.5. The lowest BCUT2D eigenvalue weighted by atomic mass is 10.1. The number of thioether (sulfide) groups is 1. The smallest absolute Gasteiger partial charge is 0.220 e. The third kappa shape index (κ3) is 6.35. The summed E-state index contributed by atoms with van der Waals surface area (Å²) in [6.45, 7) is 4.36. The first-order valence-electron chi connectivity index (χ1n) is 11.3. The molecule has 0 saturated carbocycles. The van der Waals surface area contributed by atoms with Crippen molar-refractivity contribution in [3.63, 3.8) is 0 Å². The van der Waals surface area contributed by atoms with E-state index in [9.17, 15) is 10.1 Å². The first-order valence-corrected chi connectivity index (χ1v) is 12.6. The summed E-state index contributed by atoms with van der Waals surface area (Å²) in [6, 6.07) is 22.3. The fourth-order valence-electron chi connectivity index (χ4n) is 3.66. The lowest BCUT2D eigenvalue weighted by Gasteiger charge is -2.18. The maximum absolute atomic E-state index is 11.6. The molecule has 0 amide bonds. The SMILES string of the molecule is CCOc1ccc(-n2c(C)nnc2S[C@@H](C[N+](=O)[O-])c2ccccc2OCc2ccc(Cl)cc2)cc1. The molecule has 0 bridgehead atoms. The van der Waals surface area contributed by atoms with Crippen LogP contribution in [-0.4, -0.2) is 32.8 Å². The maximum Gasteiger partial charge on any atom is 0.220 e. The number of ether oxygens (including phenoxy) is 2. The highest BCUT2D eigenvalue weighted by atomic mass is 35.5. The molecular formula is C26H25ClN4O4S. The number of para-hydroxylation sites is 1. The largest absolute Gasteiger partial charge is 0.494 e. The van der Waals surface area contributed by atoms with Crippen LogP contribution in [0.5, 0.6) is 11.5 Å². The quantitative estimate of drug-likeness (QED) is 0.129. The molecular weight excluding hydrogens is 500 g/mol. The zero-order valence-corrected chi connectivity index (χ0v) is 21.4. The van der Waals surface area contributed by atoms with E-state index >= 15 is 0 Å². The lowest BCUT2D eigenvalue weighted by molar-refractivity contribution is -0.479. The Labute approximate surface area is 218 Å². The second kappa shape index (κ2) is 11.9. The van der Waals surface area contributed by atoms with E-state index in [1.54, 1.807) is 12.1 Å². The van der Waals surface area contributed by atoms with E-state index in [0.29, 0.717) is 40.5 Å². The van der Waals surface area contributed by atoms with Crippen LogP contribution in [-0.2, 0) is 6.61 Å². The van der Waals surface area contributed by atoms with Crippen LogP contribution in [0.3, 0.4) is 0 Å². The summed E-state index contributed by atoms with van der Waals surface area (Å²) in [5.74, 6) is 2.02. The van der Waals surface area contributed by atoms with Crippen LogP contribution in [0.15, 0.2) is 78.0 Å². The zero-order valence-electron chi connectivity index (χ0n) is 19.8. The van der Waals surface area contributed by atoms with Gasteiger partial charge in [0.25, 0.3) is 0 Å². The Kier molecular flexibility index (Phi) is 8.45. The number of rotatable bonds is 11. The minimum Gasteiger partial charge on any atom is -0.494 e. The van der Waals surface area contributed by atoms with Gasteiger partial charge in [-0.2, -0.15) is 0 Å².